The highest BCUT2D eigenvalue weighted by Gasteiger charge is 2.38. The number of carbonyl (C=O) groups excluding carboxylic acids is 2. The second-order valence-electron chi connectivity index (χ2n) is 3.96. The molecule has 2 aliphatic heterocycles. The molecule has 0 aromatic rings. The average molecular weight is 212 g/mol. The molecule has 0 unspecified atom stereocenters. The summed E-state index contributed by atoms with van der Waals surface area (Å²) in [5.41, 5.74) is 0.353. The van der Waals surface area contributed by atoms with Crippen LogP contribution in [0.2, 0.25) is 0 Å². The number of esters is 1. The van der Waals surface area contributed by atoms with Gasteiger partial charge in [0.05, 0.1) is 6.61 Å². The first-order valence-electron chi connectivity index (χ1n) is 4.71. The van der Waals surface area contributed by atoms with Crippen molar-refractivity contribution in [3.8, 4) is 0 Å². The van der Waals surface area contributed by atoms with E-state index >= 15 is 0 Å². The minimum Gasteiger partial charge on any atom is -0.458 e. The normalized spacial score (nSPS) is 28.8. The van der Waals surface area contributed by atoms with Crippen LogP contribution in [0.15, 0.2) is 11.6 Å². The summed E-state index contributed by atoms with van der Waals surface area (Å²) in [4.78, 5) is 22.6. The Bertz CT molecular complexity index is 342. The lowest BCUT2D eigenvalue weighted by atomic mass is 10.1. The zero-order valence-electron chi connectivity index (χ0n) is 8.61. The Balaban J connectivity index is 2.04. The van der Waals surface area contributed by atoms with Crippen LogP contribution in [0.1, 0.15) is 13.8 Å². The monoisotopic (exact) mass is 212 g/mol. The zero-order chi connectivity index (χ0) is 11.1. The summed E-state index contributed by atoms with van der Waals surface area (Å²) in [5, 5.41) is 0. The molecular formula is C10H12O5. The predicted molar refractivity (Wildman–Crippen MR) is 49.0 cm³/mol. The van der Waals surface area contributed by atoms with Crippen LogP contribution in [0.5, 0.6) is 0 Å². The number of rotatable bonds is 2. The van der Waals surface area contributed by atoms with E-state index in [4.69, 9.17) is 9.47 Å². The lowest BCUT2D eigenvalue weighted by Crippen LogP contribution is -2.28. The van der Waals surface area contributed by atoms with E-state index in [0.29, 0.717) is 5.57 Å². The molecule has 0 radical (unpaired) electrons. The van der Waals surface area contributed by atoms with Gasteiger partial charge < -0.3 is 14.2 Å². The van der Waals surface area contributed by atoms with Crippen molar-refractivity contribution < 1.29 is 23.8 Å². The van der Waals surface area contributed by atoms with Crippen molar-refractivity contribution in [2.75, 3.05) is 13.2 Å². The van der Waals surface area contributed by atoms with E-state index in [1.54, 1.807) is 13.8 Å². The van der Waals surface area contributed by atoms with Gasteiger partial charge in [0.25, 0.3) is 0 Å². The van der Waals surface area contributed by atoms with E-state index in [2.05, 4.69) is 4.74 Å². The van der Waals surface area contributed by atoms with Gasteiger partial charge in [0.1, 0.15) is 12.7 Å². The fourth-order valence-corrected chi connectivity index (χ4v) is 1.54. The smallest absolute Gasteiger partial charge is 0.331 e. The fourth-order valence-electron chi connectivity index (χ4n) is 1.54. The molecule has 5 heteroatoms. The molecule has 1 fully saturated rings. The molecule has 2 aliphatic rings. The molecule has 82 valence electrons. The zero-order valence-corrected chi connectivity index (χ0v) is 8.61. The molecule has 1 atom stereocenters. The maximum atomic E-state index is 11.8. The predicted octanol–water partition coefficient (Wildman–Crippen LogP) is 0.190. The molecule has 15 heavy (non-hydrogen) atoms. The molecule has 0 saturated carbocycles. The summed E-state index contributed by atoms with van der Waals surface area (Å²) in [7, 11) is 0. The van der Waals surface area contributed by atoms with Crippen molar-refractivity contribution in [3.63, 3.8) is 0 Å². The molecule has 0 amide bonds. The van der Waals surface area contributed by atoms with Gasteiger partial charge in [0.2, 0.25) is 0 Å². The van der Waals surface area contributed by atoms with Gasteiger partial charge in [-0.15, -0.1) is 0 Å². The van der Waals surface area contributed by atoms with E-state index < -0.39 is 17.9 Å². The highest BCUT2D eigenvalue weighted by atomic mass is 16.7. The van der Waals surface area contributed by atoms with Gasteiger partial charge in [-0.25, -0.2) is 4.79 Å². The number of ether oxygens (including phenoxy) is 3. The lowest BCUT2D eigenvalue weighted by molar-refractivity contribution is -0.150. The van der Waals surface area contributed by atoms with Crippen molar-refractivity contribution in [2.24, 2.45) is 0 Å². The third-order valence-electron chi connectivity index (χ3n) is 2.28. The lowest BCUT2D eigenvalue weighted by Gasteiger charge is -2.16. The van der Waals surface area contributed by atoms with Gasteiger partial charge in [-0.2, -0.15) is 0 Å². The van der Waals surface area contributed by atoms with Gasteiger partial charge in [-0.1, -0.05) is 0 Å². The van der Waals surface area contributed by atoms with Crippen molar-refractivity contribution in [1.82, 2.24) is 0 Å². The van der Waals surface area contributed by atoms with Crippen LogP contribution >= 0.6 is 0 Å². The molecule has 2 rings (SSSR count). The van der Waals surface area contributed by atoms with Gasteiger partial charge in [-0.05, 0) is 13.8 Å². The Labute approximate surface area is 87.0 Å². The van der Waals surface area contributed by atoms with E-state index in [9.17, 15) is 9.59 Å². The fraction of sp³-hybridized carbons (Fsp3) is 0.600. The molecule has 1 saturated heterocycles. The standard InChI is InChI=1S/C10H12O5/c1-10(2)14-5-7(15-10)9(12)6-3-8(11)13-4-6/h3,7H,4-5H2,1-2H3/t7-/m1/s1. The molecule has 0 spiro atoms. The Morgan fingerprint density at radius 3 is 2.73 bits per heavy atom. The molecule has 2 heterocycles. The van der Waals surface area contributed by atoms with Crippen LogP contribution in [0.25, 0.3) is 0 Å². The quantitative estimate of drug-likeness (QED) is 0.611. The second kappa shape index (κ2) is 3.43. The van der Waals surface area contributed by atoms with Gasteiger partial charge >= 0.3 is 5.97 Å². The van der Waals surface area contributed by atoms with E-state index in [0.717, 1.165) is 0 Å². The third-order valence-corrected chi connectivity index (χ3v) is 2.28. The first kappa shape index (κ1) is 10.3. The summed E-state index contributed by atoms with van der Waals surface area (Å²) in [6.45, 7) is 3.74. The SMILES string of the molecule is CC1(C)OC[C@H](C(=O)C2=CC(=O)OC2)O1. The maximum absolute atomic E-state index is 11.8. The summed E-state index contributed by atoms with van der Waals surface area (Å²) in [5.74, 6) is -1.44. The largest absolute Gasteiger partial charge is 0.458 e. The number of hydrogen-bond acceptors (Lipinski definition) is 5. The topological polar surface area (TPSA) is 61.8 Å². The molecule has 0 bridgehead atoms. The summed E-state index contributed by atoms with van der Waals surface area (Å²) in [6, 6.07) is 0. The van der Waals surface area contributed by atoms with Crippen LogP contribution < -0.4 is 0 Å². The van der Waals surface area contributed by atoms with Gasteiger partial charge in [-0.3, -0.25) is 4.79 Å². The van der Waals surface area contributed by atoms with Crippen molar-refractivity contribution in [2.45, 2.75) is 25.7 Å². The van der Waals surface area contributed by atoms with Crippen molar-refractivity contribution in [3.05, 3.63) is 11.6 Å². The number of carbonyl (C=O) groups is 2. The number of ketones is 1. The summed E-state index contributed by atoms with van der Waals surface area (Å²) >= 11 is 0. The highest BCUT2D eigenvalue weighted by Crippen LogP contribution is 2.25. The second-order valence-corrected chi connectivity index (χ2v) is 3.96. The van der Waals surface area contributed by atoms with Gasteiger partial charge in [0, 0.05) is 11.6 Å². The number of Topliss-reactive ketones (excluding diaryl/α,β-unsaturated/α-hetero) is 1. The number of cyclic esters (lactones) is 1. The summed E-state index contributed by atoms with van der Waals surface area (Å²) < 4.78 is 15.3. The minimum atomic E-state index is -0.732. The molecule has 0 aromatic carbocycles. The first-order valence-corrected chi connectivity index (χ1v) is 4.71. The van der Waals surface area contributed by atoms with Crippen LogP contribution in [0.4, 0.5) is 0 Å². The molecule has 0 aromatic heterocycles. The van der Waals surface area contributed by atoms with E-state index in [1.807, 2.05) is 0 Å². The average Bonchev–Trinajstić information content (AvgIpc) is 2.71. The van der Waals surface area contributed by atoms with Crippen LogP contribution in [-0.4, -0.2) is 36.9 Å². The van der Waals surface area contributed by atoms with Crippen LogP contribution in [-0.2, 0) is 23.8 Å². The molecule has 5 nitrogen and oxygen atoms in total. The maximum Gasteiger partial charge on any atom is 0.331 e. The molecular weight excluding hydrogens is 200 g/mol. The summed E-state index contributed by atoms with van der Waals surface area (Å²) in [6.07, 6.45) is 0.581. The Hall–Kier alpha value is -1.20. The van der Waals surface area contributed by atoms with E-state index in [1.165, 1.54) is 6.08 Å². The van der Waals surface area contributed by atoms with Crippen LogP contribution in [0, 0.1) is 0 Å². The minimum absolute atomic E-state index is 0.0396. The number of hydrogen-bond donors (Lipinski definition) is 0. The molecule has 0 aliphatic carbocycles. The van der Waals surface area contributed by atoms with E-state index in [-0.39, 0.29) is 19.0 Å². The first-order chi connectivity index (χ1) is 6.98. The Kier molecular flexibility index (Phi) is 2.36. The highest BCUT2D eigenvalue weighted by molar-refractivity contribution is 6.05. The van der Waals surface area contributed by atoms with Crippen molar-refractivity contribution >= 4 is 11.8 Å². The van der Waals surface area contributed by atoms with Gasteiger partial charge in [0.15, 0.2) is 11.6 Å². The third kappa shape index (κ3) is 2.08. The van der Waals surface area contributed by atoms with Crippen LogP contribution in [0.3, 0.4) is 0 Å². The van der Waals surface area contributed by atoms with Crippen molar-refractivity contribution in [1.29, 1.82) is 0 Å². The molecule has 0 N–H and O–H groups in total. The Morgan fingerprint density at radius 2 is 2.27 bits per heavy atom. The Morgan fingerprint density at radius 1 is 1.53 bits per heavy atom.